The van der Waals surface area contributed by atoms with E-state index in [1.165, 1.54) is 33.8 Å². The van der Waals surface area contributed by atoms with E-state index in [1.54, 1.807) is 25.3 Å². The van der Waals surface area contributed by atoms with Crippen molar-refractivity contribution in [2.75, 3.05) is 10.4 Å². The maximum Gasteiger partial charge on any atom is 0.253 e. The zero-order chi connectivity index (χ0) is 22.1. The van der Waals surface area contributed by atoms with Crippen molar-refractivity contribution in [3.63, 3.8) is 0 Å². The summed E-state index contributed by atoms with van der Waals surface area (Å²) in [4.78, 5) is 29.1. The number of hydrogen-bond donors (Lipinski definition) is 3. The predicted octanol–water partition coefficient (Wildman–Crippen LogP) is 2.50. The standard InChI is InChI=1S/C21H19ClFN5O3/c1-12-20-17(26-28(21(20)31)14-5-6-16(23)15(22)8-14)9-19(30)27(12)11-18(29)25-10-13-4-2-3-7-24-13/h2-9,21,26,31H,10-11H2,1H3,(H,25,29). The number of carbonyl (C=O) groups excluding carboxylic acids is 1. The van der Waals surface area contributed by atoms with Gasteiger partial charge in [-0.25, -0.2) is 4.39 Å². The van der Waals surface area contributed by atoms with Crippen molar-refractivity contribution in [1.82, 2.24) is 14.9 Å². The van der Waals surface area contributed by atoms with Crippen LogP contribution in [0.2, 0.25) is 5.02 Å². The second-order valence-electron chi connectivity index (χ2n) is 7.03. The van der Waals surface area contributed by atoms with Crippen LogP contribution >= 0.6 is 11.6 Å². The largest absolute Gasteiger partial charge is 0.368 e. The monoisotopic (exact) mass is 443 g/mol. The Morgan fingerprint density at radius 3 is 2.84 bits per heavy atom. The summed E-state index contributed by atoms with van der Waals surface area (Å²) in [5, 5.41) is 14.8. The molecule has 0 aliphatic carbocycles. The van der Waals surface area contributed by atoms with E-state index in [0.717, 1.165) is 0 Å². The molecular weight excluding hydrogens is 425 g/mol. The van der Waals surface area contributed by atoms with Gasteiger partial charge in [0, 0.05) is 23.5 Å². The molecule has 8 nitrogen and oxygen atoms in total. The minimum atomic E-state index is -1.17. The van der Waals surface area contributed by atoms with Gasteiger partial charge in [-0.05, 0) is 37.3 Å². The van der Waals surface area contributed by atoms with Crippen LogP contribution in [0.4, 0.5) is 15.8 Å². The fourth-order valence-electron chi connectivity index (χ4n) is 3.45. The topological polar surface area (TPSA) is 99.5 Å². The minimum absolute atomic E-state index is 0.0941. The van der Waals surface area contributed by atoms with Gasteiger partial charge in [0.1, 0.15) is 12.4 Å². The lowest BCUT2D eigenvalue weighted by molar-refractivity contribution is -0.121. The van der Waals surface area contributed by atoms with E-state index in [2.05, 4.69) is 15.7 Å². The second kappa shape index (κ2) is 8.37. The fraction of sp³-hybridized carbons (Fsp3) is 0.190. The van der Waals surface area contributed by atoms with Crippen LogP contribution in [0.15, 0.2) is 53.5 Å². The van der Waals surface area contributed by atoms with Crippen molar-refractivity contribution >= 4 is 28.9 Å². The zero-order valence-electron chi connectivity index (χ0n) is 16.5. The molecule has 0 saturated heterocycles. The van der Waals surface area contributed by atoms with Gasteiger partial charge < -0.3 is 15.0 Å². The third kappa shape index (κ3) is 4.10. The quantitative estimate of drug-likeness (QED) is 0.560. The van der Waals surface area contributed by atoms with E-state index >= 15 is 0 Å². The number of anilines is 2. The first-order chi connectivity index (χ1) is 14.8. The average Bonchev–Trinajstić information content (AvgIpc) is 3.08. The van der Waals surface area contributed by atoms with Gasteiger partial charge in [-0.2, -0.15) is 0 Å². The first-order valence-electron chi connectivity index (χ1n) is 9.45. The van der Waals surface area contributed by atoms with E-state index in [9.17, 15) is 19.1 Å². The van der Waals surface area contributed by atoms with Crippen molar-refractivity contribution in [3.05, 3.63) is 86.8 Å². The normalized spacial score (nSPS) is 14.8. The van der Waals surface area contributed by atoms with Crippen LogP contribution in [-0.4, -0.2) is 20.6 Å². The lowest BCUT2D eigenvalue weighted by Crippen LogP contribution is -2.33. The number of carbonyl (C=O) groups is 1. The highest BCUT2D eigenvalue weighted by Crippen LogP contribution is 2.38. The Balaban J connectivity index is 1.55. The van der Waals surface area contributed by atoms with Crippen molar-refractivity contribution in [1.29, 1.82) is 0 Å². The molecule has 3 heterocycles. The molecule has 0 radical (unpaired) electrons. The Morgan fingerprint density at radius 2 is 2.13 bits per heavy atom. The van der Waals surface area contributed by atoms with Crippen molar-refractivity contribution in [3.8, 4) is 0 Å². The molecule has 3 aromatic rings. The summed E-state index contributed by atoms with van der Waals surface area (Å²) < 4.78 is 14.8. The van der Waals surface area contributed by atoms with Gasteiger partial charge in [0.2, 0.25) is 5.91 Å². The number of fused-ring (bicyclic) bond motifs is 1. The number of nitrogens with one attached hydrogen (secondary N) is 2. The van der Waals surface area contributed by atoms with E-state index in [1.807, 2.05) is 6.07 Å². The van der Waals surface area contributed by atoms with Gasteiger partial charge in [-0.15, -0.1) is 0 Å². The molecule has 0 saturated carbocycles. The number of hydrazine groups is 1. The van der Waals surface area contributed by atoms with Crippen LogP contribution in [0.5, 0.6) is 0 Å². The maximum atomic E-state index is 13.5. The highest BCUT2D eigenvalue weighted by molar-refractivity contribution is 6.31. The van der Waals surface area contributed by atoms with Crippen LogP contribution in [0.25, 0.3) is 0 Å². The first-order valence-corrected chi connectivity index (χ1v) is 9.83. The summed E-state index contributed by atoms with van der Waals surface area (Å²) in [6, 6.07) is 10.7. The number of rotatable bonds is 5. The molecule has 10 heteroatoms. The Morgan fingerprint density at radius 1 is 1.32 bits per heavy atom. The fourth-order valence-corrected chi connectivity index (χ4v) is 3.63. The average molecular weight is 444 g/mol. The maximum absolute atomic E-state index is 13.5. The Bertz CT molecular complexity index is 1200. The number of benzene rings is 1. The third-order valence-electron chi connectivity index (χ3n) is 5.04. The first kappa shape index (κ1) is 20.8. The second-order valence-corrected chi connectivity index (χ2v) is 7.44. The number of nitrogens with zero attached hydrogens (tertiary/aromatic N) is 3. The number of halogens is 2. The molecule has 1 amide bonds. The molecule has 1 unspecified atom stereocenters. The van der Waals surface area contributed by atoms with Crippen molar-refractivity contribution in [2.45, 2.75) is 26.2 Å². The lowest BCUT2D eigenvalue weighted by Gasteiger charge is -2.23. The Hall–Kier alpha value is -3.43. The van der Waals surface area contributed by atoms with Crippen molar-refractivity contribution < 1.29 is 14.3 Å². The van der Waals surface area contributed by atoms with Gasteiger partial charge in [-0.1, -0.05) is 17.7 Å². The highest BCUT2D eigenvalue weighted by atomic mass is 35.5. The van der Waals surface area contributed by atoms with Gasteiger partial charge in [0.15, 0.2) is 6.23 Å². The van der Waals surface area contributed by atoms with Crippen LogP contribution in [0.3, 0.4) is 0 Å². The lowest BCUT2D eigenvalue weighted by atomic mass is 10.1. The van der Waals surface area contributed by atoms with Gasteiger partial charge in [-0.3, -0.25) is 25.0 Å². The van der Waals surface area contributed by atoms with Gasteiger partial charge in [0.05, 0.1) is 28.6 Å². The highest BCUT2D eigenvalue weighted by Gasteiger charge is 2.32. The molecule has 0 bridgehead atoms. The van der Waals surface area contributed by atoms with E-state index in [0.29, 0.717) is 28.3 Å². The number of hydrogen-bond acceptors (Lipinski definition) is 6. The smallest absolute Gasteiger partial charge is 0.253 e. The Kier molecular flexibility index (Phi) is 5.62. The summed E-state index contributed by atoms with van der Waals surface area (Å²) in [7, 11) is 0. The van der Waals surface area contributed by atoms with E-state index in [4.69, 9.17) is 11.6 Å². The Labute approximate surface area is 181 Å². The number of pyridine rings is 2. The van der Waals surface area contributed by atoms with Gasteiger partial charge in [0.25, 0.3) is 5.56 Å². The SMILES string of the molecule is Cc1c2c(cc(=O)n1CC(=O)NCc1ccccn1)NN(c1ccc(F)c(Cl)c1)C2O. The molecule has 1 aliphatic rings. The molecule has 1 aliphatic heterocycles. The molecule has 1 atom stereocenters. The summed E-state index contributed by atoms with van der Waals surface area (Å²) >= 11 is 5.85. The summed E-state index contributed by atoms with van der Waals surface area (Å²) in [6.07, 6.45) is 0.463. The molecule has 0 spiro atoms. The number of aromatic nitrogens is 2. The molecule has 0 fully saturated rings. The molecule has 2 aromatic heterocycles. The molecule has 4 rings (SSSR count). The molecule has 1 aromatic carbocycles. The third-order valence-corrected chi connectivity index (χ3v) is 5.33. The van der Waals surface area contributed by atoms with Gasteiger partial charge >= 0.3 is 0 Å². The number of aliphatic hydroxyl groups is 1. The summed E-state index contributed by atoms with van der Waals surface area (Å²) in [6.45, 7) is 1.68. The van der Waals surface area contributed by atoms with Crippen LogP contribution in [0, 0.1) is 12.7 Å². The van der Waals surface area contributed by atoms with E-state index < -0.39 is 17.6 Å². The predicted molar refractivity (Wildman–Crippen MR) is 114 cm³/mol. The minimum Gasteiger partial charge on any atom is -0.368 e. The molecular formula is C21H19ClFN5O3. The molecule has 31 heavy (non-hydrogen) atoms. The van der Waals surface area contributed by atoms with Crippen LogP contribution < -0.4 is 21.3 Å². The molecule has 160 valence electrons. The van der Waals surface area contributed by atoms with Crippen molar-refractivity contribution in [2.24, 2.45) is 0 Å². The van der Waals surface area contributed by atoms with Crippen LogP contribution in [0.1, 0.15) is 23.2 Å². The number of amides is 1. The van der Waals surface area contributed by atoms with Crippen LogP contribution in [-0.2, 0) is 17.9 Å². The van der Waals surface area contributed by atoms with E-state index in [-0.39, 0.29) is 24.0 Å². The summed E-state index contributed by atoms with van der Waals surface area (Å²) in [5.41, 5.74) is 4.93. The zero-order valence-corrected chi connectivity index (χ0v) is 17.2. The summed E-state index contributed by atoms with van der Waals surface area (Å²) in [5.74, 6) is -0.942. The molecule has 3 N–H and O–H groups in total. The number of aliphatic hydroxyl groups excluding tert-OH is 1.